The SMILES string of the molecule is CCCN(CC(F)(F)F)C1CCCC(C#N)(NC)C1. The molecular formula is C13H22F3N3. The predicted molar refractivity (Wildman–Crippen MR) is 67.6 cm³/mol. The van der Waals surface area contributed by atoms with E-state index in [1.807, 2.05) is 6.92 Å². The molecule has 0 aromatic rings. The first-order chi connectivity index (χ1) is 8.86. The highest BCUT2D eigenvalue weighted by Gasteiger charge is 2.40. The second kappa shape index (κ2) is 6.58. The summed E-state index contributed by atoms with van der Waals surface area (Å²) in [5.74, 6) is 0. The fraction of sp³-hybridized carbons (Fsp3) is 0.923. The molecule has 0 spiro atoms. The maximum absolute atomic E-state index is 12.6. The Kier molecular flexibility index (Phi) is 5.63. The number of halogens is 3. The molecule has 0 amide bonds. The average molecular weight is 277 g/mol. The molecule has 110 valence electrons. The van der Waals surface area contributed by atoms with E-state index in [1.165, 1.54) is 4.90 Å². The number of rotatable bonds is 5. The Morgan fingerprint density at radius 3 is 2.63 bits per heavy atom. The summed E-state index contributed by atoms with van der Waals surface area (Å²) in [7, 11) is 1.71. The lowest BCUT2D eigenvalue weighted by molar-refractivity contribution is -0.153. The fourth-order valence-corrected chi connectivity index (χ4v) is 2.85. The highest BCUT2D eigenvalue weighted by Crippen LogP contribution is 2.32. The van der Waals surface area contributed by atoms with Crippen LogP contribution in [0.25, 0.3) is 0 Å². The smallest absolute Gasteiger partial charge is 0.302 e. The van der Waals surface area contributed by atoms with Gasteiger partial charge in [0.05, 0.1) is 12.6 Å². The summed E-state index contributed by atoms with van der Waals surface area (Å²) < 4.78 is 37.9. The van der Waals surface area contributed by atoms with Crippen molar-refractivity contribution in [1.82, 2.24) is 10.2 Å². The Labute approximate surface area is 112 Å². The quantitative estimate of drug-likeness (QED) is 0.839. The molecule has 2 unspecified atom stereocenters. The first kappa shape index (κ1) is 16.3. The van der Waals surface area contributed by atoms with E-state index in [0.717, 1.165) is 12.8 Å². The number of nitrogens with zero attached hydrogens (tertiary/aromatic N) is 2. The Hall–Kier alpha value is -0.800. The van der Waals surface area contributed by atoms with E-state index in [9.17, 15) is 18.4 Å². The molecule has 0 heterocycles. The highest BCUT2D eigenvalue weighted by atomic mass is 19.4. The maximum atomic E-state index is 12.6. The molecule has 2 atom stereocenters. The molecule has 6 heteroatoms. The Morgan fingerprint density at radius 2 is 2.16 bits per heavy atom. The predicted octanol–water partition coefficient (Wildman–Crippen LogP) is 2.69. The van der Waals surface area contributed by atoms with E-state index in [4.69, 9.17) is 0 Å². The van der Waals surface area contributed by atoms with Crippen LogP contribution in [-0.2, 0) is 0 Å². The largest absolute Gasteiger partial charge is 0.401 e. The second-order valence-corrected chi connectivity index (χ2v) is 5.28. The monoisotopic (exact) mass is 277 g/mol. The molecular weight excluding hydrogens is 255 g/mol. The van der Waals surface area contributed by atoms with Gasteiger partial charge in [0.2, 0.25) is 0 Å². The van der Waals surface area contributed by atoms with Gasteiger partial charge in [-0.25, -0.2) is 0 Å². The van der Waals surface area contributed by atoms with Crippen LogP contribution >= 0.6 is 0 Å². The van der Waals surface area contributed by atoms with Crippen LogP contribution in [0.15, 0.2) is 0 Å². The van der Waals surface area contributed by atoms with Crippen LogP contribution in [-0.4, -0.2) is 42.8 Å². The summed E-state index contributed by atoms with van der Waals surface area (Å²) in [5.41, 5.74) is -0.666. The average Bonchev–Trinajstić information content (AvgIpc) is 2.37. The zero-order chi connectivity index (χ0) is 14.5. The Morgan fingerprint density at radius 1 is 1.47 bits per heavy atom. The van der Waals surface area contributed by atoms with Crippen molar-refractivity contribution in [1.29, 1.82) is 5.26 Å². The zero-order valence-corrected chi connectivity index (χ0v) is 11.6. The normalized spacial score (nSPS) is 28.4. The number of hydrogen-bond acceptors (Lipinski definition) is 3. The summed E-state index contributed by atoms with van der Waals surface area (Å²) >= 11 is 0. The molecule has 0 saturated heterocycles. The van der Waals surface area contributed by atoms with Crippen molar-refractivity contribution in [3.63, 3.8) is 0 Å². The van der Waals surface area contributed by atoms with Gasteiger partial charge in [-0.1, -0.05) is 6.92 Å². The maximum Gasteiger partial charge on any atom is 0.401 e. The van der Waals surface area contributed by atoms with Crippen LogP contribution in [0.1, 0.15) is 39.0 Å². The molecule has 1 N–H and O–H groups in total. The van der Waals surface area contributed by atoms with Gasteiger partial charge in [0.1, 0.15) is 5.54 Å². The lowest BCUT2D eigenvalue weighted by Gasteiger charge is -2.41. The number of hydrogen-bond donors (Lipinski definition) is 1. The van der Waals surface area contributed by atoms with Gasteiger partial charge in [0, 0.05) is 6.04 Å². The Balaban J connectivity index is 2.76. The van der Waals surface area contributed by atoms with Gasteiger partial charge in [-0.2, -0.15) is 18.4 Å². The van der Waals surface area contributed by atoms with Crippen LogP contribution in [0.2, 0.25) is 0 Å². The standard InChI is InChI=1S/C13H22F3N3/c1-3-7-19(10-13(14,15)16)11-5-4-6-12(8-11,9-17)18-2/h11,18H,3-8,10H2,1-2H3. The van der Waals surface area contributed by atoms with Crippen LogP contribution in [0.3, 0.4) is 0 Å². The third-order valence-electron chi connectivity index (χ3n) is 3.83. The topological polar surface area (TPSA) is 39.1 Å². The van der Waals surface area contributed by atoms with E-state index >= 15 is 0 Å². The van der Waals surface area contributed by atoms with Crippen molar-refractivity contribution < 1.29 is 13.2 Å². The van der Waals surface area contributed by atoms with Gasteiger partial charge in [-0.15, -0.1) is 0 Å². The third-order valence-corrected chi connectivity index (χ3v) is 3.83. The van der Waals surface area contributed by atoms with Gasteiger partial charge in [-0.3, -0.25) is 4.90 Å². The minimum absolute atomic E-state index is 0.164. The van der Waals surface area contributed by atoms with E-state index in [-0.39, 0.29) is 6.04 Å². The summed E-state index contributed by atoms with van der Waals surface area (Å²) in [6.07, 6.45) is -0.788. The molecule has 1 fully saturated rings. The van der Waals surface area contributed by atoms with E-state index in [2.05, 4.69) is 11.4 Å². The highest BCUT2D eigenvalue weighted by molar-refractivity contribution is 5.10. The molecule has 1 aliphatic rings. The molecule has 1 aliphatic carbocycles. The van der Waals surface area contributed by atoms with Crippen molar-refractivity contribution in [3.05, 3.63) is 0 Å². The summed E-state index contributed by atoms with van der Waals surface area (Å²) in [6, 6.07) is 2.07. The van der Waals surface area contributed by atoms with Crippen LogP contribution in [0.5, 0.6) is 0 Å². The van der Waals surface area contributed by atoms with Gasteiger partial charge in [0.15, 0.2) is 0 Å². The van der Waals surface area contributed by atoms with Gasteiger partial charge < -0.3 is 5.32 Å². The molecule has 1 saturated carbocycles. The lowest BCUT2D eigenvalue weighted by Crippen LogP contribution is -2.53. The van der Waals surface area contributed by atoms with Crippen molar-refractivity contribution in [3.8, 4) is 6.07 Å². The number of alkyl halides is 3. The molecule has 0 radical (unpaired) electrons. The lowest BCUT2D eigenvalue weighted by atomic mass is 9.79. The van der Waals surface area contributed by atoms with Crippen molar-refractivity contribution >= 4 is 0 Å². The molecule has 0 aliphatic heterocycles. The molecule has 3 nitrogen and oxygen atoms in total. The number of nitrogens with one attached hydrogen (secondary N) is 1. The van der Waals surface area contributed by atoms with E-state index < -0.39 is 18.3 Å². The van der Waals surface area contributed by atoms with Crippen LogP contribution in [0.4, 0.5) is 13.2 Å². The van der Waals surface area contributed by atoms with Crippen molar-refractivity contribution in [2.75, 3.05) is 20.1 Å². The second-order valence-electron chi connectivity index (χ2n) is 5.28. The fourth-order valence-electron chi connectivity index (χ4n) is 2.85. The summed E-state index contributed by atoms with van der Waals surface area (Å²) in [4.78, 5) is 1.49. The number of nitriles is 1. The molecule has 19 heavy (non-hydrogen) atoms. The third kappa shape index (κ3) is 4.66. The molecule has 0 bridgehead atoms. The van der Waals surface area contributed by atoms with Crippen molar-refractivity contribution in [2.24, 2.45) is 0 Å². The van der Waals surface area contributed by atoms with Crippen LogP contribution in [0, 0.1) is 11.3 Å². The zero-order valence-electron chi connectivity index (χ0n) is 11.6. The first-order valence-corrected chi connectivity index (χ1v) is 6.77. The molecule has 1 rings (SSSR count). The van der Waals surface area contributed by atoms with Crippen LogP contribution < -0.4 is 5.32 Å². The summed E-state index contributed by atoms with van der Waals surface area (Å²) in [6.45, 7) is 1.42. The summed E-state index contributed by atoms with van der Waals surface area (Å²) in [5, 5.41) is 12.2. The minimum atomic E-state index is -4.18. The van der Waals surface area contributed by atoms with E-state index in [0.29, 0.717) is 25.8 Å². The van der Waals surface area contributed by atoms with Gasteiger partial charge in [-0.05, 0) is 45.7 Å². The van der Waals surface area contributed by atoms with E-state index in [1.54, 1.807) is 7.05 Å². The molecule has 0 aromatic carbocycles. The van der Waals surface area contributed by atoms with Gasteiger partial charge >= 0.3 is 6.18 Å². The van der Waals surface area contributed by atoms with Gasteiger partial charge in [0.25, 0.3) is 0 Å². The Bertz CT molecular complexity index is 324. The first-order valence-electron chi connectivity index (χ1n) is 6.77. The molecule has 0 aromatic heterocycles. The minimum Gasteiger partial charge on any atom is -0.302 e. The van der Waals surface area contributed by atoms with Crippen molar-refractivity contribution in [2.45, 2.75) is 56.8 Å².